The van der Waals surface area contributed by atoms with Crippen molar-refractivity contribution < 1.29 is 9.53 Å². The third-order valence-corrected chi connectivity index (χ3v) is 3.84. The van der Waals surface area contributed by atoms with Gasteiger partial charge in [0.15, 0.2) is 0 Å². The molecule has 0 heterocycles. The van der Waals surface area contributed by atoms with Crippen LogP contribution in [0.15, 0.2) is 72.3 Å². The maximum absolute atomic E-state index is 11.5. The van der Waals surface area contributed by atoms with E-state index in [1.54, 1.807) is 0 Å². The maximum atomic E-state index is 11.5. The molecule has 2 nitrogen and oxygen atoms in total. The van der Waals surface area contributed by atoms with Crippen LogP contribution in [-0.4, -0.2) is 4.88 Å². The number of carbonyl (C=O) groups excluding carboxylic acids is 1. The predicted molar refractivity (Wildman–Crippen MR) is 97.9 cm³/mol. The molecule has 0 N–H and O–H groups in total. The summed E-state index contributed by atoms with van der Waals surface area (Å²) in [6.07, 6.45) is 2.10. The van der Waals surface area contributed by atoms with E-state index >= 15 is 0 Å². The number of rotatable bonds is 3. The van der Waals surface area contributed by atoms with Crippen molar-refractivity contribution in [1.82, 2.24) is 0 Å². The molecule has 0 saturated heterocycles. The number of hydrogen-bond acceptors (Lipinski definition) is 2. The molecule has 2 aromatic rings. The van der Waals surface area contributed by atoms with E-state index < -0.39 is 4.88 Å². The maximum Gasteiger partial charge on any atom is 0.380 e. The first-order chi connectivity index (χ1) is 11.1. The minimum Gasteiger partial charge on any atom is -0.417 e. The average Bonchev–Trinajstić information content (AvgIpc) is 2.82. The highest BCUT2D eigenvalue weighted by atomic mass is 79.9. The van der Waals surface area contributed by atoms with Crippen LogP contribution in [0.5, 0.6) is 0 Å². The molecule has 0 saturated carbocycles. The lowest BCUT2D eigenvalue weighted by Crippen LogP contribution is -1.95. The van der Waals surface area contributed by atoms with Crippen molar-refractivity contribution in [2.24, 2.45) is 0 Å². The van der Waals surface area contributed by atoms with E-state index in [4.69, 9.17) is 4.74 Å². The number of carbonyl (C=O) groups is 1. The zero-order valence-electron chi connectivity index (χ0n) is 12.7. The number of allylic oxidation sites excluding steroid dienone is 3. The Kier molecular flexibility index (Phi) is 4.30. The van der Waals surface area contributed by atoms with Crippen molar-refractivity contribution in [3.63, 3.8) is 0 Å². The normalized spacial score (nSPS) is 14.8. The number of halogens is 1. The van der Waals surface area contributed by atoms with Gasteiger partial charge in [-0.15, -0.1) is 0 Å². The fraction of sp³-hybridized carbons (Fsp3) is 0.0500. The van der Waals surface area contributed by atoms with E-state index in [0.29, 0.717) is 5.76 Å². The van der Waals surface area contributed by atoms with Crippen LogP contribution in [0.25, 0.3) is 17.4 Å². The largest absolute Gasteiger partial charge is 0.417 e. The Balaban J connectivity index is 2.24. The van der Waals surface area contributed by atoms with E-state index in [2.05, 4.69) is 28.6 Å². The first-order valence-corrected chi connectivity index (χ1v) is 8.01. The Bertz CT molecular complexity index is 845. The van der Waals surface area contributed by atoms with Gasteiger partial charge in [0.1, 0.15) is 5.76 Å². The summed E-state index contributed by atoms with van der Waals surface area (Å²) in [7, 11) is 0. The Morgan fingerprint density at radius 2 is 1.65 bits per heavy atom. The molecule has 2 aromatic carbocycles. The van der Waals surface area contributed by atoms with Crippen LogP contribution in [0.4, 0.5) is 4.79 Å². The molecule has 0 aliphatic heterocycles. The van der Waals surface area contributed by atoms with Crippen molar-refractivity contribution in [2.45, 2.75) is 6.92 Å². The van der Waals surface area contributed by atoms with E-state index in [-0.39, 0.29) is 0 Å². The predicted octanol–water partition coefficient (Wildman–Crippen LogP) is 6.06. The summed E-state index contributed by atoms with van der Waals surface area (Å²) in [6, 6.07) is 18.0. The number of hydrogen-bond donors (Lipinski definition) is 0. The Labute approximate surface area is 143 Å². The van der Waals surface area contributed by atoms with Crippen LogP contribution in [0, 0.1) is 0 Å². The van der Waals surface area contributed by atoms with Crippen molar-refractivity contribution in [2.75, 3.05) is 0 Å². The van der Waals surface area contributed by atoms with Gasteiger partial charge < -0.3 is 4.74 Å². The smallest absolute Gasteiger partial charge is 0.380 e. The van der Waals surface area contributed by atoms with Gasteiger partial charge in [-0.2, -0.15) is 0 Å². The van der Waals surface area contributed by atoms with Crippen molar-refractivity contribution in [3.05, 3.63) is 89.0 Å². The highest BCUT2D eigenvalue weighted by molar-refractivity contribution is 9.18. The molecule has 114 valence electrons. The topological polar surface area (TPSA) is 26.3 Å². The van der Waals surface area contributed by atoms with Gasteiger partial charge in [-0.25, -0.2) is 4.79 Å². The van der Waals surface area contributed by atoms with E-state index in [1.165, 1.54) is 0 Å². The van der Waals surface area contributed by atoms with Crippen LogP contribution in [-0.2, 0) is 4.74 Å². The van der Waals surface area contributed by atoms with Gasteiger partial charge in [0.25, 0.3) is 0 Å². The van der Waals surface area contributed by atoms with E-state index in [0.717, 1.165) is 33.4 Å². The number of benzene rings is 2. The van der Waals surface area contributed by atoms with Crippen LogP contribution in [0.2, 0.25) is 0 Å². The van der Waals surface area contributed by atoms with Crippen LogP contribution in [0.3, 0.4) is 0 Å². The first kappa shape index (κ1) is 15.5. The molecule has 0 atom stereocenters. The lowest BCUT2D eigenvalue weighted by molar-refractivity contribution is 0.221. The minimum atomic E-state index is -0.512. The molecule has 0 spiro atoms. The van der Waals surface area contributed by atoms with Gasteiger partial charge in [0, 0.05) is 27.1 Å². The Hall–Kier alpha value is -2.39. The van der Waals surface area contributed by atoms with Gasteiger partial charge in [0.05, 0.1) is 0 Å². The van der Waals surface area contributed by atoms with Gasteiger partial charge in [0.2, 0.25) is 0 Å². The zero-order chi connectivity index (χ0) is 16.4. The van der Waals surface area contributed by atoms with E-state index in [1.807, 2.05) is 61.5 Å². The van der Waals surface area contributed by atoms with Crippen molar-refractivity contribution in [1.29, 1.82) is 0 Å². The Morgan fingerprint density at radius 1 is 1.04 bits per heavy atom. The molecular formula is C20H15BrO2. The molecule has 1 aliphatic carbocycles. The number of ether oxygens (including phenoxy) is 1. The van der Waals surface area contributed by atoms with Crippen LogP contribution in [0.1, 0.15) is 23.6 Å². The lowest BCUT2D eigenvalue weighted by Gasteiger charge is -2.08. The zero-order valence-corrected chi connectivity index (χ0v) is 14.3. The van der Waals surface area contributed by atoms with Gasteiger partial charge in [-0.05, 0) is 35.3 Å². The van der Waals surface area contributed by atoms with Gasteiger partial charge >= 0.3 is 4.88 Å². The fourth-order valence-electron chi connectivity index (χ4n) is 2.78. The molecular weight excluding hydrogens is 352 g/mol. The molecule has 0 aromatic heterocycles. The minimum absolute atomic E-state index is 0.512. The fourth-order valence-corrected chi connectivity index (χ4v) is 2.95. The quantitative estimate of drug-likeness (QED) is 0.617. The van der Waals surface area contributed by atoms with Crippen molar-refractivity contribution >= 4 is 38.2 Å². The molecule has 0 bridgehead atoms. The summed E-state index contributed by atoms with van der Waals surface area (Å²) >= 11 is 2.86. The molecule has 23 heavy (non-hydrogen) atoms. The molecule has 3 rings (SSSR count). The average molecular weight is 367 g/mol. The third kappa shape index (κ3) is 3.06. The molecule has 1 aliphatic rings. The lowest BCUT2D eigenvalue weighted by atomic mass is 9.97. The van der Waals surface area contributed by atoms with E-state index in [9.17, 15) is 4.79 Å². The molecule has 0 amide bonds. The summed E-state index contributed by atoms with van der Waals surface area (Å²) in [5.74, 6) is 0.553. The van der Waals surface area contributed by atoms with Gasteiger partial charge in [-0.1, -0.05) is 61.2 Å². The molecule has 3 heteroatoms. The summed E-state index contributed by atoms with van der Waals surface area (Å²) in [4.78, 5) is 10.9. The van der Waals surface area contributed by atoms with Crippen molar-refractivity contribution in [3.8, 4) is 0 Å². The second-order valence-corrected chi connectivity index (χ2v) is 5.99. The SMILES string of the molecule is C=C(C)C1=C(OC(=O)Br)c2ccccc2/C1=C\c1ccccc1. The molecule has 0 fully saturated rings. The number of fused-ring (bicyclic) bond motifs is 1. The second-order valence-electron chi connectivity index (χ2n) is 5.34. The second kappa shape index (κ2) is 6.39. The summed E-state index contributed by atoms with van der Waals surface area (Å²) in [5.41, 5.74) is 5.76. The highest BCUT2D eigenvalue weighted by Gasteiger charge is 2.29. The highest BCUT2D eigenvalue weighted by Crippen LogP contribution is 2.45. The molecule has 0 radical (unpaired) electrons. The monoisotopic (exact) mass is 366 g/mol. The Morgan fingerprint density at radius 3 is 2.26 bits per heavy atom. The third-order valence-electron chi connectivity index (χ3n) is 3.68. The summed E-state index contributed by atoms with van der Waals surface area (Å²) in [6.45, 7) is 5.98. The van der Waals surface area contributed by atoms with Crippen LogP contribution < -0.4 is 0 Å². The first-order valence-electron chi connectivity index (χ1n) is 7.22. The summed E-state index contributed by atoms with van der Waals surface area (Å²) in [5, 5.41) is 0. The summed E-state index contributed by atoms with van der Waals surface area (Å²) < 4.78 is 5.44. The van der Waals surface area contributed by atoms with Gasteiger partial charge in [-0.3, -0.25) is 0 Å². The van der Waals surface area contributed by atoms with Crippen LogP contribution >= 0.6 is 15.9 Å². The molecule has 0 unspecified atom stereocenters. The standard InChI is InChI=1S/C20H15BrO2/c1-13(2)18-17(12-14-8-4-3-5-9-14)15-10-6-7-11-16(15)19(18)23-20(21)22/h3-12H,1H2,2H3/b17-12+.